The summed E-state index contributed by atoms with van der Waals surface area (Å²) in [5.74, 6) is 1.10. The van der Waals surface area contributed by atoms with Crippen molar-refractivity contribution in [2.24, 2.45) is 17.3 Å². The van der Waals surface area contributed by atoms with Crippen LogP contribution < -0.4 is 0 Å². The second kappa shape index (κ2) is 5.27. The van der Waals surface area contributed by atoms with Crippen molar-refractivity contribution in [2.45, 2.75) is 77.4 Å². The molecule has 0 saturated heterocycles. The summed E-state index contributed by atoms with van der Waals surface area (Å²) in [6, 6.07) is 0. The highest BCUT2D eigenvalue weighted by molar-refractivity contribution is 4.91. The average molecular weight is 238 g/mol. The smallest absolute Gasteiger partial charge is 0.0933 e. The first-order chi connectivity index (χ1) is 8.00. The van der Waals surface area contributed by atoms with E-state index in [2.05, 4.69) is 13.8 Å². The van der Waals surface area contributed by atoms with Crippen LogP contribution in [0.3, 0.4) is 0 Å². The summed E-state index contributed by atoms with van der Waals surface area (Å²) in [4.78, 5) is 0. The fourth-order valence-corrected chi connectivity index (χ4v) is 3.97. The maximum atomic E-state index is 11.7. The molecule has 2 nitrogen and oxygen atoms in total. The van der Waals surface area contributed by atoms with E-state index >= 15 is 0 Å². The molecule has 4 atom stereocenters. The van der Waals surface area contributed by atoms with Gasteiger partial charge >= 0.3 is 0 Å². The standard InChI is InChI=1S/C15H26O2/c1-15(2,11-5-3-7-13(16)9-11)12-6-4-8-14(17)10-12/h11-14H,3-10H2,1-2H3. The van der Waals surface area contributed by atoms with E-state index in [4.69, 9.17) is 0 Å². The minimum Gasteiger partial charge on any atom is -0.233 e. The molecule has 0 aromatic carbocycles. The van der Waals surface area contributed by atoms with Gasteiger partial charge in [0.05, 0.1) is 12.2 Å². The van der Waals surface area contributed by atoms with Crippen LogP contribution >= 0.6 is 0 Å². The Balaban J connectivity index is 2.00. The lowest BCUT2D eigenvalue weighted by molar-refractivity contribution is -0.0445. The molecule has 17 heavy (non-hydrogen) atoms. The van der Waals surface area contributed by atoms with Crippen molar-refractivity contribution < 1.29 is 10.2 Å². The average Bonchev–Trinajstić information content (AvgIpc) is 2.29. The molecule has 4 unspecified atom stereocenters. The Bertz CT molecular complexity index is 225. The van der Waals surface area contributed by atoms with Crippen LogP contribution in [0.5, 0.6) is 0 Å². The van der Waals surface area contributed by atoms with Crippen LogP contribution in [0.15, 0.2) is 0 Å². The van der Waals surface area contributed by atoms with Gasteiger partial charge in [-0.15, -0.1) is 0 Å². The molecular weight excluding hydrogens is 212 g/mol. The lowest BCUT2D eigenvalue weighted by Gasteiger charge is -2.45. The van der Waals surface area contributed by atoms with Crippen molar-refractivity contribution in [3.63, 3.8) is 0 Å². The van der Waals surface area contributed by atoms with E-state index in [1.54, 1.807) is 0 Å². The van der Waals surface area contributed by atoms with E-state index in [1.165, 1.54) is 12.8 Å². The molecule has 0 heterocycles. The van der Waals surface area contributed by atoms with Crippen molar-refractivity contribution >= 4 is 0 Å². The van der Waals surface area contributed by atoms with Gasteiger partial charge in [-0.1, -0.05) is 26.7 Å². The Morgan fingerprint density at radius 2 is 1.18 bits per heavy atom. The van der Waals surface area contributed by atoms with Gasteiger partial charge in [0.25, 0.3) is 0 Å². The molecule has 98 valence electrons. The summed E-state index contributed by atoms with van der Waals surface area (Å²) >= 11 is 0. The molecular formula is C15H26O2. The Morgan fingerprint density at radius 1 is 0.765 bits per heavy atom. The first kappa shape index (κ1) is 13.4. The zero-order chi connectivity index (χ0) is 12.5. The van der Waals surface area contributed by atoms with E-state index < -0.39 is 0 Å². The first-order valence-electron chi connectivity index (χ1n) is 7.31. The predicted molar refractivity (Wildman–Crippen MR) is 66.6 cm³/mol. The molecule has 0 aliphatic heterocycles. The molecule has 0 aromatic rings. The largest absolute Gasteiger partial charge is 0.233 e. The first-order valence-corrected chi connectivity index (χ1v) is 7.31. The Labute approximate surface area is 105 Å². The molecule has 2 aliphatic rings. The zero-order valence-corrected chi connectivity index (χ0v) is 11.3. The normalized spacial score (nSPS) is 40.2. The maximum absolute atomic E-state index is 11.7. The Morgan fingerprint density at radius 3 is 1.53 bits per heavy atom. The molecule has 2 radical (unpaired) electrons. The lowest BCUT2D eigenvalue weighted by Crippen LogP contribution is -2.39. The Hall–Kier alpha value is -0.0800. The number of hydrogen-bond acceptors (Lipinski definition) is 0. The highest BCUT2D eigenvalue weighted by Crippen LogP contribution is 2.48. The monoisotopic (exact) mass is 238 g/mol. The Kier molecular flexibility index (Phi) is 4.14. The molecule has 0 aromatic heterocycles. The molecule has 2 heteroatoms. The SMILES string of the molecule is CC(C)(C1CCCC([O])C1)C1CCCC([O])C1. The molecule has 2 fully saturated rings. The van der Waals surface area contributed by atoms with Gasteiger partial charge in [0.1, 0.15) is 0 Å². The molecule has 0 spiro atoms. The van der Waals surface area contributed by atoms with Crippen LogP contribution in [-0.4, -0.2) is 12.2 Å². The molecule has 0 bridgehead atoms. The summed E-state index contributed by atoms with van der Waals surface area (Å²) in [5, 5.41) is 23.4. The van der Waals surface area contributed by atoms with Crippen LogP contribution in [0.1, 0.15) is 65.2 Å². The zero-order valence-electron chi connectivity index (χ0n) is 11.3. The van der Waals surface area contributed by atoms with Gasteiger partial charge in [0, 0.05) is 0 Å². The fourth-order valence-electron chi connectivity index (χ4n) is 3.97. The fraction of sp³-hybridized carbons (Fsp3) is 1.00. The van der Waals surface area contributed by atoms with E-state index in [1.807, 2.05) is 0 Å². The molecule has 2 saturated carbocycles. The van der Waals surface area contributed by atoms with E-state index in [0.29, 0.717) is 11.8 Å². The van der Waals surface area contributed by atoms with Crippen LogP contribution in [-0.2, 0) is 10.2 Å². The van der Waals surface area contributed by atoms with Gasteiger partial charge in [-0.05, 0) is 55.8 Å². The van der Waals surface area contributed by atoms with E-state index in [0.717, 1.165) is 38.5 Å². The van der Waals surface area contributed by atoms with Gasteiger partial charge in [0.15, 0.2) is 0 Å². The second-order valence-corrected chi connectivity index (χ2v) is 6.79. The van der Waals surface area contributed by atoms with Crippen molar-refractivity contribution in [2.75, 3.05) is 0 Å². The van der Waals surface area contributed by atoms with E-state index in [-0.39, 0.29) is 17.6 Å². The van der Waals surface area contributed by atoms with Gasteiger partial charge in [-0.3, -0.25) is 0 Å². The molecule has 0 N–H and O–H groups in total. The summed E-state index contributed by atoms with van der Waals surface area (Å²) in [6.07, 6.45) is 7.30. The van der Waals surface area contributed by atoms with Crippen LogP contribution in [0.4, 0.5) is 0 Å². The molecule has 2 rings (SSSR count). The van der Waals surface area contributed by atoms with Gasteiger partial charge < -0.3 is 0 Å². The molecule has 0 amide bonds. The van der Waals surface area contributed by atoms with Crippen molar-refractivity contribution in [3.8, 4) is 0 Å². The quantitative estimate of drug-likeness (QED) is 0.698. The topological polar surface area (TPSA) is 39.8 Å². The molecule has 2 aliphatic carbocycles. The minimum atomic E-state index is -0.348. The second-order valence-electron chi connectivity index (χ2n) is 6.79. The number of rotatable bonds is 2. The lowest BCUT2D eigenvalue weighted by atomic mass is 9.60. The minimum absolute atomic E-state index is 0.201. The van der Waals surface area contributed by atoms with Crippen molar-refractivity contribution in [1.82, 2.24) is 0 Å². The van der Waals surface area contributed by atoms with Crippen molar-refractivity contribution in [3.05, 3.63) is 0 Å². The van der Waals surface area contributed by atoms with Gasteiger partial charge in [0.2, 0.25) is 0 Å². The van der Waals surface area contributed by atoms with Gasteiger partial charge in [-0.2, -0.15) is 0 Å². The highest BCUT2D eigenvalue weighted by Gasteiger charge is 2.41. The van der Waals surface area contributed by atoms with Gasteiger partial charge in [-0.25, -0.2) is 10.2 Å². The van der Waals surface area contributed by atoms with Crippen LogP contribution in [0.2, 0.25) is 0 Å². The van der Waals surface area contributed by atoms with E-state index in [9.17, 15) is 10.2 Å². The summed E-state index contributed by atoms with van der Waals surface area (Å²) < 4.78 is 0. The third kappa shape index (κ3) is 3.03. The van der Waals surface area contributed by atoms with Crippen LogP contribution in [0, 0.1) is 17.3 Å². The van der Waals surface area contributed by atoms with Crippen molar-refractivity contribution in [1.29, 1.82) is 0 Å². The summed E-state index contributed by atoms with van der Waals surface area (Å²) in [7, 11) is 0. The third-order valence-corrected chi connectivity index (χ3v) is 5.36. The van der Waals surface area contributed by atoms with Crippen LogP contribution in [0.25, 0.3) is 0 Å². The summed E-state index contributed by atoms with van der Waals surface area (Å²) in [5.41, 5.74) is 0.201. The summed E-state index contributed by atoms with van der Waals surface area (Å²) in [6.45, 7) is 4.61. The highest BCUT2D eigenvalue weighted by atomic mass is 16.3. The predicted octanol–water partition coefficient (Wildman–Crippen LogP) is 3.99. The third-order valence-electron chi connectivity index (χ3n) is 5.36. The maximum Gasteiger partial charge on any atom is 0.0933 e. The number of hydrogen-bond donors (Lipinski definition) is 0.